The van der Waals surface area contributed by atoms with E-state index in [0.717, 1.165) is 0 Å². The second-order valence-electron chi connectivity index (χ2n) is 2.15. The maximum absolute atomic E-state index is 12.4. The minimum atomic E-state index is -2.68. The predicted octanol–water partition coefficient (Wildman–Crippen LogP) is 3.29. The van der Waals surface area contributed by atoms with Crippen molar-refractivity contribution < 1.29 is 13.5 Å². The summed E-state index contributed by atoms with van der Waals surface area (Å²) in [4.78, 5) is 3.49. The highest BCUT2D eigenvalue weighted by molar-refractivity contribution is 14.1. The van der Waals surface area contributed by atoms with Gasteiger partial charge in [0.25, 0.3) is 6.43 Å². The molecule has 0 bridgehead atoms. The van der Waals surface area contributed by atoms with Crippen molar-refractivity contribution in [1.29, 1.82) is 0 Å². The van der Waals surface area contributed by atoms with Crippen LogP contribution in [0, 0.1) is 3.57 Å². The summed E-state index contributed by atoms with van der Waals surface area (Å²) in [5.74, 6) is 0.0833. The van der Waals surface area contributed by atoms with Gasteiger partial charge in [0.05, 0.1) is 10.7 Å². The van der Waals surface area contributed by atoms with Crippen LogP contribution in [0.1, 0.15) is 12.1 Å². The lowest BCUT2D eigenvalue weighted by Gasteiger charge is -2.08. The lowest BCUT2D eigenvalue weighted by molar-refractivity contribution is 0.141. The summed E-state index contributed by atoms with van der Waals surface area (Å²) in [6, 6.07) is 1.47. The molecule has 0 spiro atoms. The first kappa shape index (κ1) is 10.9. The molecule has 0 saturated heterocycles. The molecule has 0 amide bonds. The van der Waals surface area contributed by atoms with Gasteiger partial charge in [0.2, 0.25) is 0 Å². The summed E-state index contributed by atoms with van der Waals surface area (Å²) < 4.78 is 30.0. The van der Waals surface area contributed by atoms with Gasteiger partial charge in [0.1, 0.15) is 5.15 Å². The standard InChI is InChI=1S/C7H5ClF2INO/c1-13-6-3(11)2-4(8)12-5(6)7(9)10/h2,7H,1H3. The number of hydrogen-bond donors (Lipinski definition) is 0. The number of halogens is 4. The zero-order chi connectivity index (χ0) is 10.0. The van der Waals surface area contributed by atoms with E-state index in [1.807, 2.05) is 22.6 Å². The van der Waals surface area contributed by atoms with Crippen LogP contribution in [0.5, 0.6) is 5.75 Å². The Morgan fingerprint density at radius 1 is 1.62 bits per heavy atom. The summed E-state index contributed by atoms with van der Waals surface area (Å²) in [5, 5.41) is 0.0421. The fourth-order valence-corrected chi connectivity index (χ4v) is 2.02. The number of rotatable bonds is 2. The van der Waals surface area contributed by atoms with Gasteiger partial charge in [-0.25, -0.2) is 13.8 Å². The van der Waals surface area contributed by atoms with Crippen LogP contribution in [0.2, 0.25) is 5.15 Å². The number of ether oxygens (including phenoxy) is 1. The first-order chi connectivity index (χ1) is 6.06. The van der Waals surface area contributed by atoms with Crippen molar-refractivity contribution in [2.75, 3.05) is 7.11 Å². The van der Waals surface area contributed by atoms with Crippen molar-refractivity contribution in [2.24, 2.45) is 0 Å². The molecule has 13 heavy (non-hydrogen) atoms. The Morgan fingerprint density at radius 2 is 2.23 bits per heavy atom. The normalized spacial score (nSPS) is 10.6. The summed E-state index contributed by atoms with van der Waals surface area (Å²) in [7, 11) is 1.32. The van der Waals surface area contributed by atoms with Gasteiger partial charge in [-0.05, 0) is 28.7 Å². The third-order valence-electron chi connectivity index (χ3n) is 1.33. The van der Waals surface area contributed by atoms with E-state index in [0.29, 0.717) is 3.57 Å². The second-order valence-corrected chi connectivity index (χ2v) is 3.70. The molecule has 1 heterocycles. The quantitative estimate of drug-likeness (QED) is 0.616. The van der Waals surface area contributed by atoms with E-state index in [9.17, 15) is 8.78 Å². The maximum atomic E-state index is 12.4. The minimum Gasteiger partial charge on any atom is -0.493 e. The Labute approximate surface area is 92.4 Å². The van der Waals surface area contributed by atoms with Crippen LogP contribution in [0.25, 0.3) is 0 Å². The van der Waals surface area contributed by atoms with Gasteiger partial charge in [-0.2, -0.15) is 0 Å². The van der Waals surface area contributed by atoms with Crippen LogP contribution >= 0.6 is 34.2 Å². The number of hydrogen-bond acceptors (Lipinski definition) is 2. The average molecular weight is 319 g/mol. The average Bonchev–Trinajstić information content (AvgIpc) is 2.02. The van der Waals surface area contributed by atoms with Crippen molar-refractivity contribution in [3.63, 3.8) is 0 Å². The van der Waals surface area contributed by atoms with Gasteiger partial charge in [0.15, 0.2) is 11.4 Å². The molecule has 1 rings (SSSR count). The molecular weight excluding hydrogens is 314 g/mol. The van der Waals surface area contributed by atoms with Crippen LogP contribution in [-0.2, 0) is 0 Å². The third-order valence-corrected chi connectivity index (χ3v) is 2.33. The highest BCUT2D eigenvalue weighted by Gasteiger charge is 2.19. The highest BCUT2D eigenvalue weighted by Crippen LogP contribution is 2.32. The van der Waals surface area contributed by atoms with E-state index >= 15 is 0 Å². The first-order valence-electron chi connectivity index (χ1n) is 3.24. The Hall–Kier alpha value is -0.170. The lowest BCUT2D eigenvalue weighted by atomic mass is 10.3. The molecule has 0 fully saturated rings. The Morgan fingerprint density at radius 3 is 2.69 bits per heavy atom. The van der Waals surface area contributed by atoms with E-state index in [1.165, 1.54) is 13.2 Å². The molecule has 1 aromatic rings. The molecule has 0 radical (unpaired) electrons. The topological polar surface area (TPSA) is 22.1 Å². The summed E-state index contributed by atoms with van der Waals surface area (Å²) in [5.41, 5.74) is -0.417. The summed E-state index contributed by atoms with van der Waals surface area (Å²) in [6.07, 6.45) is -2.68. The van der Waals surface area contributed by atoms with Crippen LogP contribution in [0.4, 0.5) is 8.78 Å². The molecule has 0 aliphatic carbocycles. The fourth-order valence-electron chi connectivity index (χ4n) is 0.841. The van der Waals surface area contributed by atoms with E-state index in [4.69, 9.17) is 16.3 Å². The number of methoxy groups -OCH3 is 1. The number of aromatic nitrogens is 1. The van der Waals surface area contributed by atoms with Crippen LogP contribution in [0.15, 0.2) is 6.07 Å². The van der Waals surface area contributed by atoms with Crippen molar-refractivity contribution in [1.82, 2.24) is 4.98 Å². The molecule has 0 aromatic carbocycles. The van der Waals surface area contributed by atoms with Crippen molar-refractivity contribution >= 4 is 34.2 Å². The molecule has 72 valence electrons. The monoisotopic (exact) mass is 319 g/mol. The molecule has 1 aromatic heterocycles. The van der Waals surface area contributed by atoms with Gasteiger partial charge in [-0.3, -0.25) is 0 Å². The SMILES string of the molecule is COc1c(I)cc(Cl)nc1C(F)F. The van der Waals surface area contributed by atoms with E-state index in [2.05, 4.69) is 4.98 Å². The Bertz CT molecular complexity index is 322. The van der Waals surface area contributed by atoms with Crippen molar-refractivity contribution in [3.8, 4) is 5.75 Å². The second kappa shape index (κ2) is 4.36. The van der Waals surface area contributed by atoms with Gasteiger partial charge in [0, 0.05) is 0 Å². The first-order valence-corrected chi connectivity index (χ1v) is 4.70. The number of pyridine rings is 1. The van der Waals surface area contributed by atoms with Crippen molar-refractivity contribution in [2.45, 2.75) is 6.43 Å². The largest absolute Gasteiger partial charge is 0.493 e. The van der Waals surface area contributed by atoms with Crippen molar-refractivity contribution in [3.05, 3.63) is 20.5 Å². The molecule has 0 saturated carbocycles. The van der Waals surface area contributed by atoms with Crippen LogP contribution in [0.3, 0.4) is 0 Å². The van der Waals surface area contributed by atoms with Gasteiger partial charge < -0.3 is 4.74 Å². The molecule has 0 atom stereocenters. The molecule has 0 aliphatic rings. The summed E-state index contributed by atoms with van der Waals surface area (Å²) in [6.45, 7) is 0. The van der Waals surface area contributed by atoms with Crippen LogP contribution in [-0.4, -0.2) is 12.1 Å². The van der Waals surface area contributed by atoms with Gasteiger partial charge >= 0.3 is 0 Å². The van der Waals surface area contributed by atoms with Gasteiger partial charge in [-0.15, -0.1) is 0 Å². The summed E-state index contributed by atoms with van der Waals surface area (Å²) >= 11 is 7.38. The van der Waals surface area contributed by atoms with Gasteiger partial charge in [-0.1, -0.05) is 11.6 Å². The fraction of sp³-hybridized carbons (Fsp3) is 0.286. The molecule has 0 unspecified atom stereocenters. The molecule has 0 N–H and O–H groups in total. The lowest BCUT2D eigenvalue weighted by Crippen LogP contribution is -1.99. The number of alkyl halides is 2. The zero-order valence-electron chi connectivity index (χ0n) is 6.52. The van der Waals surface area contributed by atoms with E-state index < -0.39 is 12.1 Å². The van der Waals surface area contributed by atoms with Crippen LogP contribution < -0.4 is 4.74 Å². The molecule has 2 nitrogen and oxygen atoms in total. The third kappa shape index (κ3) is 2.40. The Balaban J connectivity index is 3.29. The minimum absolute atomic E-state index is 0.0421. The Kier molecular flexibility index (Phi) is 3.66. The number of nitrogens with zero attached hydrogens (tertiary/aromatic N) is 1. The zero-order valence-corrected chi connectivity index (χ0v) is 9.44. The van der Waals surface area contributed by atoms with E-state index in [1.54, 1.807) is 0 Å². The highest BCUT2D eigenvalue weighted by atomic mass is 127. The predicted molar refractivity (Wildman–Crippen MR) is 53.5 cm³/mol. The smallest absolute Gasteiger partial charge is 0.284 e. The molecule has 0 aliphatic heterocycles. The molecule has 6 heteroatoms. The molecular formula is C7H5ClF2INO. The van der Waals surface area contributed by atoms with E-state index in [-0.39, 0.29) is 10.9 Å². The maximum Gasteiger partial charge on any atom is 0.284 e.